The van der Waals surface area contributed by atoms with Gasteiger partial charge in [-0.05, 0) is 39.8 Å². The zero-order valence-corrected chi connectivity index (χ0v) is 14.3. The molecule has 1 aromatic heterocycles. The normalized spacial score (nSPS) is 15.9. The summed E-state index contributed by atoms with van der Waals surface area (Å²) in [6.45, 7) is 0. The van der Waals surface area contributed by atoms with Crippen molar-refractivity contribution >= 4 is 33.3 Å². The lowest BCUT2D eigenvalue weighted by molar-refractivity contribution is -0.384. The molecule has 2 heterocycles. The Balaban J connectivity index is 1.81. The summed E-state index contributed by atoms with van der Waals surface area (Å²) in [4.78, 5) is 10.7. The number of nitrogens with zero attached hydrogens (tertiary/aromatic N) is 5. The van der Waals surface area contributed by atoms with Crippen molar-refractivity contribution in [1.82, 2.24) is 20.2 Å². The van der Waals surface area contributed by atoms with Gasteiger partial charge in [-0.3, -0.25) is 10.1 Å². The minimum Gasteiger partial charge on any atom is -0.323 e. The third kappa shape index (κ3) is 2.89. The average molecular weight is 399 g/mol. The molecule has 0 aliphatic carbocycles. The highest BCUT2D eigenvalue weighted by molar-refractivity contribution is 9.10. The van der Waals surface area contributed by atoms with Gasteiger partial charge in [-0.25, -0.2) is 0 Å². The minimum absolute atomic E-state index is 0.0317. The number of fused-ring (bicyclic) bond motifs is 1. The van der Waals surface area contributed by atoms with Gasteiger partial charge in [-0.2, -0.15) is 4.68 Å². The van der Waals surface area contributed by atoms with E-state index in [1.165, 1.54) is 12.1 Å². The monoisotopic (exact) mass is 398 g/mol. The van der Waals surface area contributed by atoms with Gasteiger partial charge < -0.3 is 5.32 Å². The molecule has 25 heavy (non-hydrogen) atoms. The van der Waals surface area contributed by atoms with Crippen LogP contribution in [0.1, 0.15) is 17.2 Å². The highest BCUT2D eigenvalue weighted by Gasteiger charge is 2.25. The van der Waals surface area contributed by atoms with Crippen LogP contribution < -0.4 is 5.32 Å². The van der Waals surface area contributed by atoms with Crippen LogP contribution in [0.25, 0.3) is 5.70 Å². The molecule has 0 amide bonds. The van der Waals surface area contributed by atoms with Crippen LogP contribution in [0.2, 0.25) is 0 Å². The Morgan fingerprint density at radius 3 is 2.76 bits per heavy atom. The third-order valence-corrected chi connectivity index (χ3v) is 4.43. The number of benzene rings is 2. The number of tetrazole rings is 1. The molecule has 9 heteroatoms. The Bertz CT molecular complexity index is 982. The molecular weight excluding hydrogens is 388 g/mol. The number of hydrogen-bond donors (Lipinski definition) is 1. The molecule has 3 aromatic rings. The molecule has 0 unspecified atom stereocenters. The van der Waals surface area contributed by atoms with E-state index in [1.54, 1.807) is 10.7 Å². The number of allylic oxidation sites excluding steroid dienone is 1. The van der Waals surface area contributed by atoms with E-state index in [0.29, 0.717) is 5.95 Å². The molecule has 0 fully saturated rings. The lowest BCUT2D eigenvalue weighted by atomic mass is 10.0. The van der Waals surface area contributed by atoms with Crippen LogP contribution in [0.15, 0.2) is 59.1 Å². The van der Waals surface area contributed by atoms with Crippen molar-refractivity contribution in [3.8, 4) is 0 Å². The molecule has 1 aliphatic heterocycles. The van der Waals surface area contributed by atoms with Crippen LogP contribution in [0.5, 0.6) is 0 Å². The van der Waals surface area contributed by atoms with Gasteiger partial charge in [0.2, 0.25) is 5.95 Å². The fourth-order valence-corrected chi connectivity index (χ4v) is 2.98. The Labute approximate surface area is 150 Å². The van der Waals surface area contributed by atoms with Crippen molar-refractivity contribution < 1.29 is 4.92 Å². The van der Waals surface area contributed by atoms with Crippen LogP contribution in [-0.2, 0) is 0 Å². The van der Waals surface area contributed by atoms with E-state index in [-0.39, 0.29) is 11.7 Å². The standard InChI is InChI=1S/C16H11BrN6O2/c17-12-6-4-10(5-7-12)14-9-15(22-16(18-14)19-20-21-22)11-2-1-3-13(8-11)23(24)25/h1-9,15H,(H,18,19,21)/t15-/m1/s1. The molecule has 0 bridgehead atoms. The maximum Gasteiger partial charge on any atom is 0.269 e. The van der Waals surface area contributed by atoms with Gasteiger partial charge >= 0.3 is 0 Å². The molecule has 0 radical (unpaired) electrons. The molecule has 0 spiro atoms. The molecule has 1 N–H and O–H groups in total. The molecular formula is C16H11BrN6O2. The number of non-ortho nitro benzene ring substituents is 1. The first-order valence-electron chi connectivity index (χ1n) is 7.39. The SMILES string of the molecule is O=[N+]([O-])c1cccc([C@H]2C=C(c3ccc(Br)cc3)Nc3nnnn32)c1. The van der Waals surface area contributed by atoms with Gasteiger partial charge in [0.1, 0.15) is 6.04 Å². The van der Waals surface area contributed by atoms with Crippen LogP contribution in [0, 0.1) is 10.1 Å². The van der Waals surface area contributed by atoms with Crippen molar-refractivity contribution in [1.29, 1.82) is 0 Å². The molecule has 1 aliphatic rings. The number of hydrogen-bond acceptors (Lipinski definition) is 6. The van der Waals surface area contributed by atoms with E-state index in [4.69, 9.17) is 0 Å². The average Bonchev–Trinajstić information content (AvgIpc) is 3.10. The topological polar surface area (TPSA) is 98.8 Å². The Morgan fingerprint density at radius 2 is 2.00 bits per heavy atom. The van der Waals surface area contributed by atoms with Gasteiger partial charge in [0.15, 0.2) is 0 Å². The fraction of sp³-hybridized carbons (Fsp3) is 0.0625. The summed E-state index contributed by atoms with van der Waals surface area (Å²) < 4.78 is 2.58. The van der Waals surface area contributed by atoms with Gasteiger partial charge in [0.25, 0.3) is 5.69 Å². The molecule has 124 valence electrons. The second-order valence-corrected chi connectivity index (χ2v) is 6.37. The van der Waals surface area contributed by atoms with E-state index in [0.717, 1.165) is 21.3 Å². The summed E-state index contributed by atoms with van der Waals surface area (Å²) in [6.07, 6.45) is 1.95. The molecule has 0 saturated heterocycles. The summed E-state index contributed by atoms with van der Waals surface area (Å²) in [7, 11) is 0. The van der Waals surface area contributed by atoms with E-state index < -0.39 is 4.92 Å². The van der Waals surface area contributed by atoms with E-state index in [1.807, 2.05) is 36.4 Å². The number of anilines is 1. The van der Waals surface area contributed by atoms with Crippen LogP contribution >= 0.6 is 15.9 Å². The molecule has 4 rings (SSSR count). The predicted molar refractivity (Wildman–Crippen MR) is 94.8 cm³/mol. The highest BCUT2D eigenvalue weighted by atomic mass is 79.9. The molecule has 8 nitrogen and oxygen atoms in total. The summed E-state index contributed by atoms with van der Waals surface area (Å²) in [5.74, 6) is 0.483. The van der Waals surface area contributed by atoms with E-state index >= 15 is 0 Å². The van der Waals surface area contributed by atoms with Crippen LogP contribution in [0.3, 0.4) is 0 Å². The van der Waals surface area contributed by atoms with Crippen LogP contribution in [-0.4, -0.2) is 25.1 Å². The van der Waals surface area contributed by atoms with Gasteiger partial charge in [0, 0.05) is 22.3 Å². The molecule has 0 saturated carbocycles. The zero-order valence-electron chi connectivity index (χ0n) is 12.7. The second kappa shape index (κ2) is 6.10. The van der Waals surface area contributed by atoms with Crippen molar-refractivity contribution in [2.75, 3.05) is 5.32 Å². The first kappa shape index (κ1) is 15.5. The largest absolute Gasteiger partial charge is 0.323 e. The maximum atomic E-state index is 11.1. The Kier molecular flexibility index (Phi) is 3.77. The number of nitro groups is 1. The molecule has 2 aromatic carbocycles. The zero-order chi connectivity index (χ0) is 17.4. The van der Waals surface area contributed by atoms with Gasteiger partial charge in [-0.1, -0.05) is 45.3 Å². The van der Waals surface area contributed by atoms with Gasteiger partial charge in [0.05, 0.1) is 4.92 Å². The van der Waals surface area contributed by atoms with Crippen molar-refractivity contribution in [2.45, 2.75) is 6.04 Å². The number of halogens is 1. The Hall–Kier alpha value is -3.07. The lowest BCUT2D eigenvalue weighted by Gasteiger charge is -2.23. The summed E-state index contributed by atoms with van der Waals surface area (Å²) in [5, 5.41) is 26.0. The third-order valence-electron chi connectivity index (χ3n) is 3.91. The Morgan fingerprint density at radius 1 is 1.20 bits per heavy atom. The van der Waals surface area contributed by atoms with Crippen molar-refractivity contribution in [2.24, 2.45) is 0 Å². The summed E-state index contributed by atoms with van der Waals surface area (Å²) in [6, 6.07) is 14.0. The number of aromatic nitrogens is 4. The van der Waals surface area contributed by atoms with Crippen molar-refractivity contribution in [3.63, 3.8) is 0 Å². The van der Waals surface area contributed by atoms with Crippen LogP contribution in [0.4, 0.5) is 11.6 Å². The fourth-order valence-electron chi connectivity index (χ4n) is 2.71. The smallest absolute Gasteiger partial charge is 0.269 e. The lowest BCUT2D eigenvalue weighted by Crippen LogP contribution is -2.20. The number of nitrogens with one attached hydrogen (secondary N) is 1. The van der Waals surface area contributed by atoms with Crippen molar-refractivity contribution in [3.05, 3.63) is 80.3 Å². The predicted octanol–water partition coefficient (Wildman–Crippen LogP) is 3.40. The highest BCUT2D eigenvalue weighted by Crippen LogP contribution is 2.33. The maximum absolute atomic E-state index is 11.1. The van der Waals surface area contributed by atoms with E-state index in [9.17, 15) is 10.1 Å². The summed E-state index contributed by atoms with van der Waals surface area (Å²) >= 11 is 3.42. The first-order valence-corrected chi connectivity index (χ1v) is 8.18. The van der Waals surface area contributed by atoms with Gasteiger partial charge in [-0.15, -0.1) is 0 Å². The number of rotatable bonds is 3. The minimum atomic E-state index is -0.412. The first-order chi connectivity index (χ1) is 12.1. The second-order valence-electron chi connectivity index (χ2n) is 5.46. The summed E-state index contributed by atoms with van der Waals surface area (Å²) in [5.41, 5.74) is 2.57. The molecule has 1 atom stereocenters. The quantitative estimate of drug-likeness (QED) is 0.536. The van der Waals surface area contributed by atoms with E-state index in [2.05, 4.69) is 36.8 Å². The number of nitro benzene ring substituents is 1.